The van der Waals surface area contributed by atoms with Gasteiger partial charge in [-0.3, -0.25) is 13.6 Å². The maximum atomic E-state index is 12.0. The van der Waals surface area contributed by atoms with Crippen LogP contribution < -0.4 is 0 Å². The molecule has 0 aliphatic carbocycles. The highest BCUT2D eigenvalue weighted by atomic mass is 31.2. The first-order valence-corrected chi connectivity index (χ1v) is 6.58. The number of rotatable bonds is 7. The van der Waals surface area contributed by atoms with Crippen molar-refractivity contribution in [3.63, 3.8) is 0 Å². The van der Waals surface area contributed by atoms with Crippen molar-refractivity contribution in [2.24, 2.45) is 0 Å². The third-order valence-electron chi connectivity index (χ3n) is 1.24. The van der Waals surface area contributed by atoms with Gasteiger partial charge in [-0.2, -0.15) is 0 Å². The summed E-state index contributed by atoms with van der Waals surface area (Å²) in [6.45, 7) is 9.24. The lowest BCUT2D eigenvalue weighted by Gasteiger charge is -2.21. The Morgan fingerprint density at radius 3 is 1.93 bits per heavy atom. The molecule has 0 spiro atoms. The van der Waals surface area contributed by atoms with Crippen LogP contribution in [0, 0.1) is 0 Å². The molecule has 0 aromatic carbocycles. The quantitative estimate of drug-likeness (QED) is 0.501. The summed E-state index contributed by atoms with van der Waals surface area (Å²) in [6, 6.07) is 0. The van der Waals surface area contributed by atoms with E-state index in [4.69, 9.17) is 13.6 Å². The fourth-order valence-electron chi connectivity index (χ4n) is 0.833. The van der Waals surface area contributed by atoms with E-state index < -0.39 is 7.82 Å². The Bertz CT molecular complexity index is 222. The average Bonchev–Trinajstić information content (AvgIpc) is 2.00. The highest BCUT2D eigenvalue weighted by molar-refractivity contribution is 7.48. The van der Waals surface area contributed by atoms with Gasteiger partial charge in [0.25, 0.3) is 0 Å². The second-order valence-corrected chi connectivity index (χ2v) is 5.19. The van der Waals surface area contributed by atoms with Crippen molar-refractivity contribution in [1.29, 1.82) is 0 Å². The molecule has 0 amide bonds. The van der Waals surface area contributed by atoms with Gasteiger partial charge in [0.15, 0.2) is 0 Å². The van der Waals surface area contributed by atoms with Gasteiger partial charge in [-0.1, -0.05) is 12.2 Å². The number of allylic oxidation sites excluding steroid dienone is 1. The van der Waals surface area contributed by atoms with Gasteiger partial charge in [-0.25, -0.2) is 4.57 Å². The smallest absolute Gasteiger partial charge is 0.284 e. The minimum absolute atomic E-state index is 0.194. The van der Waals surface area contributed by atoms with Crippen molar-refractivity contribution in [3.05, 3.63) is 12.2 Å². The third-order valence-corrected chi connectivity index (χ3v) is 3.07. The Morgan fingerprint density at radius 1 is 1.13 bits per heavy atom. The summed E-state index contributed by atoms with van der Waals surface area (Å²) in [5, 5.41) is 0. The van der Waals surface area contributed by atoms with Gasteiger partial charge in [0.05, 0.1) is 18.8 Å². The van der Waals surface area contributed by atoms with Gasteiger partial charge in [-0.05, 0) is 34.6 Å². The molecule has 0 aromatic rings. The fourth-order valence-corrected chi connectivity index (χ4v) is 2.31. The zero-order valence-electron chi connectivity index (χ0n) is 10.1. The predicted octanol–water partition coefficient (Wildman–Crippen LogP) is 3.54. The minimum atomic E-state index is -3.41. The summed E-state index contributed by atoms with van der Waals surface area (Å²) in [7, 11) is -3.41. The zero-order valence-corrected chi connectivity index (χ0v) is 11.0. The molecule has 5 heteroatoms. The first kappa shape index (κ1) is 14.8. The Morgan fingerprint density at radius 2 is 1.60 bits per heavy atom. The van der Waals surface area contributed by atoms with Crippen LogP contribution in [0.15, 0.2) is 12.2 Å². The monoisotopic (exact) mass is 236 g/mol. The predicted molar refractivity (Wildman–Crippen MR) is 60.8 cm³/mol. The lowest BCUT2D eigenvalue weighted by atomic mass is 10.5. The summed E-state index contributed by atoms with van der Waals surface area (Å²) < 4.78 is 27.5. The standard InChI is InChI=1S/C10H21O4P/c1-6-7-8-12-15(11,13-9(2)3)14-10(4)5/h6-7,9-10H,8H2,1-5H3/b7-6+. The highest BCUT2D eigenvalue weighted by Gasteiger charge is 2.28. The summed E-state index contributed by atoms with van der Waals surface area (Å²) >= 11 is 0. The van der Waals surface area contributed by atoms with E-state index in [1.807, 2.05) is 13.0 Å². The maximum Gasteiger partial charge on any atom is 0.475 e. The van der Waals surface area contributed by atoms with E-state index in [0.29, 0.717) is 0 Å². The molecule has 90 valence electrons. The van der Waals surface area contributed by atoms with Crippen LogP contribution in [0.1, 0.15) is 34.6 Å². The van der Waals surface area contributed by atoms with Crippen molar-refractivity contribution in [2.45, 2.75) is 46.8 Å². The molecule has 0 unspecified atom stereocenters. The Hall–Kier alpha value is -0.150. The van der Waals surface area contributed by atoms with E-state index in [2.05, 4.69) is 0 Å². The number of phosphoric acid groups is 1. The van der Waals surface area contributed by atoms with Crippen LogP contribution in [0.4, 0.5) is 0 Å². The fraction of sp³-hybridized carbons (Fsp3) is 0.800. The van der Waals surface area contributed by atoms with E-state index in [1.54, 1.807) is 33.8 Å². The van der Waals surface area contributed by atoms with E-state index in [9.17, 15) is 4.57 Å². The first-order valence-electron chi connectivity index (χ1n) is 5.12. The SMILES string of the molecule is C/C=C/COP(=O)(OC(C)C)OC(C)C. The largest absolute Gasteiger partial charge is 0.475 e. The molecule has 0 aliphatic heterocycles. The molecule has 0 N–H and O–H groups in total. The van der Waals surface area contributed by atoms with E-state index >= 15 is 0 Å². The Kier molecular flexibility index (Phi) is 7.11. The molecular weight excluding hydrogens is 215 g/mol. The molecule has 0 aliphatic rings. The lowest BCUT2D eigenvalue weighted by molar-refractivity contribution is 0.0782. The van der Waals surface area contributed by atoms with Gasteiger partial charge in [0.1, 0.15) is 0 Å². The summed E-state index contributed by atoms with van der Waals surface area (Å²) in [6.07, 6.45) is 3.18. The minimum Gasteiger partial charge on any atom is -0.284 e. The molecule has 0 saturated heterocycles. The zero-order chi connectivity index (χ0) is 11.9. The Balaban J connectivity index is 4.33. The van der Waals surface area contributed by atoms with E-state index in [1.165, 1.54) is 0 Å². The van der Waals surface area contributed by atoms with Crippen molar-refractivity contribution < 1.29 is 18.1 Å². The molecule has 0 fully saturated rings. The molecule has 0 bridgehead atoms. The number of hydrogen-bond donors (Lipinski definition) is 0. The van der Waals surface area contributed by atoms with Crippen LogP contribution in [0.25, 0.3) is 0 Å². The molecule has 15 heavy (non-hydrogen) atoms. The van der Waals surface area contributed by atoms with E-state index in [0.717, 1.165) is 0 Å². The van der Waals surface area contributed by atoms with Gasteiger partial charge in [0, 0.05) is 0 Å². The summed E-state index contributed by atoms with van der Waals surface area (Å²) in [5.41, 5.74) is 0. The molecule has 0 radical (unpaired) electrons. The number of hydrogen-bond acceptors (Lipinski definition) is 4. The van der Waals surface area contributed by atoms with Crippen LogP contribution in [-0.2, 0) is 18.1 Å². The van der Waals surface area contributed by atoms with Crippen molar-refractivity contribution >= 4 is 7.82 Å². The molecule has 0 rings (SSSR count). The van der Waals surface area contributed by atoms with Crippen LogP contribution in [0.2, 0.25) is 0 Å². The van der Waals surface area contributed by atoms with Gasteiger partial charge in [0.2, 0.25) is 0 Å². The van der Waals surface area contributed by atoms with Crippen LogP contribution in [0.3, 0.4) is 0 Å². The molecule has 4 nitrogen and oxygen atoms in total. The molecular formula is C10H21O4P. The molecule has 0 aromatic heterocycles. The average molecular weight is 236 g/mol. The van der Waals surface area contributed by atoms with Crippen molar-refractivity contribution in [2.75, 3.05) is 6.61 Å². The van der Waals surface area contributed by atoms with E-state index in [-0.39, 0.29) is 18.8 Å². The molecule has 0 atom stereocenters. The second-order valence-electron chi connectivity index (χ2n) is 3.62. The number of phosphoric ester groups is 1. The van der Waals surface area contributed by atoms with Crippen LogP contribution in [-0.4, -0.2) is 18.8 Å². The molecule has 0 heterocycles. The third kappa shape index (κ3) is 7.74. The van der Waals surface area contributed by atoms with Gasteiger partial charge < -0.3 is 0 Å². The summed E-state index contributed by atoms with van der Waals surface area (Å²) in [5.74, 6) is 0. The Labute approximate surface area is 92.2 Å². The maximum absolute atomic E-state index is 12.0. The normalized spacial score (nSPS) is 13.3. The topological polar surface area (TPSA) is 44.8 Å². The first-order chi connectivity index (χ1) is 6.89. The highest BCUT2D eigenvalue weighted by Crippen LogP contribution is 2.51. The second kappa shape index (κ2) is 7.18. The summed E-state index contributed by atoms with van der Waals surface area (Å²) in [4.78, 5) is 0. The van der Waals surface area contributed by atoms with Crippen LogP contribution >= 0.6 is 7.82 Å². The van der Waals surface area contributed by atoms with Crippen molar-refractivity contribution in [1.82, 2.24) is 0 Å². The van der Waals surface area contributed by atoms with Crippen LogP contribution in [0.5, 0.6) is 0 Å². The van der Waals surface area contributed by atoms with Gasteiger partial charge in [-0.15, -0.1) is 0 Å². The van der Waals surface area contributed by atoms with Crippen molar-refractivity contribution in [3.8, 4) is 0 Å². The molecule has 0 saturated carbocycles. The lowest BCUT2D eigenvalue weighted by Crippen LogP contribution is -2.10. The van der Waals surface area contributed by atoms with Gasteiger partial charge >= 0.3 is 7.82 Å².